The average molecular weight is 170 g/mol. The lowest BCUT2D eigenvalue weighted by atomic mass is 10.4. The van der Waals surface area contributed by atoms with Crippen LogP contribution in [0.4, 0.5) is 0 Å². The molecule has 1 atom stereocenters. The van der Waals surface area contributed by atoms with Crippen molar-refractivity contribution in [3.63, 3.8) is 0 Å². The molecule has 0 amide bonds. The van der Waals surface area contributed by atoms with E-state index in [1.54, 1.807) is 18.1 Å². The molecule has 0 bridgehead atoms. The third kappa shape index (κ3) is 2.02. The van der Waals surface area contributed by atoms with Gasteiger partial charge in [0.2, 0.25) is 0 Å². The highest BCUT2D eigenvalue weighted by Crippen LogP contribution is 2.02. The minimum atomic E-state index is 0.211. The average Bonchev–Trinajstić information content (AvgIpc) is 2.52. The lowest BCUT2D eigenvalue weighted by Crippen LogP contribution is -2.12. The molecule has 0 spiro atoms. The minimum Gasteiger partial charge on any atom is -0.382 e. The first-order valence-corrected chi connectivity index (χ1v) is 3.87. The maximum Gasteiger partial charge on any atom is 0.164 e. The van der Waals surface area contributed by atoms with Crippen molar-refractivity contribution in [2.75, 3.05) is 13.7 Å². The number of nitrogens with two attached hydrogens (primary N) is 1. The van der Waals surface area contributed by atoms with Crippen LogP contribution in [0.3, 0.4) is 0 Å². The van der Waals surface area contributed by atoms with E-state index in [0.717, 1.165) is 0 Å². The number of methoxy groups -OCH3 is 1. The highest BCUT2D eigenvalue weighted by atomic mass is 16.5. The van der Waals surface area contributed by atoms with Crippen LogP contribution in [0, 0.1) is 0 Å². The van der Waals surface area contributed by atoms with E-state index >= 15 is 0 Å². The van der Waals surface area contributed by atoms with Crippen LogP contribution < -0.4 is 5.73 Å². The summed E-state index contributed by atoms with van der Waals surface area (Å²) in [7, 11) is 1.66. The Morgan fingerprint density at radius 1 is 1.75 bits per heavy atom. The summed E-state index contributed by atoms with van der Waals surface area (Å²) in [5.41, 5.74) is 5.37. The van der Waals surface area contributed by atoms with Crippen molar-refractivity contribution >= 4 is 0 Å². The zero-order valence-corrected chi connectivity index (χ0v) is 7.40. The van der Waals surface area contributed by atoms with Crippen molar-refractivity contribution in [3.8, 4) is 0 Å². The third-order valence-electron chi connectivity index (χ3n) is 1.60. The zero-order chi connectivity index (χ0) is 8.97. The van der Waals surface area contributed by atoms with Crippen molar-refractivity contribution in [2.45, 2.75) is 19.5 Å². The first-order chi connectivity index (χ1) is 5.77. The van der Waals surface area contributed by atoms with Gasteiger partial charge in [0.15, 0.2) is 5.82 Å². The predicted octanol–water partition coefficient (Wildman–Crippen LogP) is -0.0558. The first-order valence-electron chi connectivity index (χ1n) is 3.87. The Balaban J connectivity index is 2.61. The van der Waals surface area contributed by atoms with E-state index in [1.807, 2.05) is 6.92 Å². The maximum absolute atomic E-state index is 5.37. The number of rotatable bonds is 4. The summed E-state index contributed by atoms with van der Waals surface area (Å²) in [6, 6.07) is 0.211. The van der Waals surface area contributed by atoms with Gasteiger partial charge in [-0.3, -0.25) is 0 Å². The second kappa shape index (κ2) is 4.18. The predicted molar refractivity (Wildman–Crippen MR) is 44.5 cm³/mol. The second-order valence-corrected chi connectivity index (χ2v) is 2.65. The Morgan fingerprint density at radius 3 is 3.00 bits per heavy atom. The molecule has 0 radical (unpaired) electrons. The second-order valence-electron chi connectivity index (χ2n) is 2.65. The largest absolute Gasteiger partial charge is 0.382 e. The van der Waals surface area contributed by atoms with E-state index < -0.39 is 0 Å². The Morgan fingerprint density at radius 2 is 2.50 bits per heavy atom. The molecular weight excluding hydrogens is 156 g/mol. The van der Waals surface area contributed by atoms with Crippen LogP contribution in [0.15, 0.2) is 6.33 Å². The molecule has 0 aliphatic rings. The van der Waals surface area contributed by atoms with Crippen LogP contribution in [0.1, 0.15) is 18.8 Å². The lowest BCUT2D eigenvalue weighted by Gasteiger charge is -2.08. The molecule has 12 heavy (non-hydrogen) atoms. The maximum atomic E-state index is 5.37. The van der Waals surface area contributed by atoms with Gasteiger partial charge in [-0.25, -0.2) is 9.67 Å². The Bertz CT molecular complexity index is 235. The first kappa shape index (κ1) is 9.15. The van der Waals surface area contributed by atoms with Crippen molar-refractivity contribution in [1.82, 2.24) is 14.8 Å². The van der Waals surface area contributed by atoms with Gasteiger partial charge in [-0.1, -0.05) is 0 Å². The molecule has 68 valence electrons. The topological polar surface area (TPSA) is 66.0 Å². The van der Waals surface area contributed by atoms with Crippen LogP contribution in [-0.4, -0.2) is 28.5 Å². The highest BCUT2D eigenvalue weighted by molar-refractivity contribution is 4.80. The molecule has 0 saturated heterocycles. The fourth-order valence-electron chi connectivity index (χ4n) is 0.934. The van der Waals surface area contributed by atoms with E-state index in [9.17, 15) is 0 Å². The summed E-state index contributed by atoms with van der Waals surface area (Å²) in [5, 5.41) is 4.15. The number of ether oxygens (including phenoxy) is 1. The lowest BCUT2D eigenvalue weighted by molar-refractivity contribution is 0.156. The van der Waals surface area contributed by atoms with E-state index in [4.69, 9.17) is 10.5 Å². The third-order valence-corrected chi connectivity index (χ3v) is 1.60. The molecule has 0 aliphatic carbocycles. The van der Waals surface area contributed by atoms with Gasteiger partial charge in [0.05, 0.1) is 19.2 Å². The molecule has 0 aliphatic heterocycles. The summed E-state index contributed by atoms with van der Waals surface area (Å²) in [6.07, 6.45) is 1.67. The van der Waals surface area contributed by atoms with Crippen LogP contribution >= 0.6 is 0 Å². The summed E-state index contributed by atoms with van der Waals surface area (Å²) in [4.78, 5) is 4.01. The molecule has 1 rings (SSSR count). The van der Waals surface area contributed by atoms with E-state index in [0.29, 0.717) is 19.0 Å². The molecule has 5 nitrogen and oxygen atoms in total. The summed E-state index contributed by atoms with van der Waals surface area (Å²) in [5.74, 6) is 0.665. The van der Waals surface area contributed by atoms with Crippen LogP contribution in [0.5, 0.6) is 0 Å². The van der Waals surface area contributed by atoms with Gasteiger partial charge in [0, 0.05) is 7.11 Å². The SMILES string of the molecule is COCC(C)n1cnc(CN)n1. The van der Waals surface area contributed by atoms with Gasteiger partial charge in [0.1, 0.15) is 6.33 Å². The molecule has 1 aromatic rings. The number of hydrogen-bond donors (Lipinski definition) is 1. The van der Waals surface area contributed by atoms with Gasteiger partial charge < -0.3 is 10.5 Å². The molecule has 0 fully saturated rings. The Kier molecular flexibility index (Phi) is 3.19. The van der Waals surface area contributed by atoms with Crippen molar-refractivity contribution in [1.29, 1.82) is 0 Å². The standard InChI is InChI=1S/C7H14N4O/c1-6(4-12-2)11-5-9-7(3-8)10-11/h5-6H,3-4,8H2,1-2H3. The molecule has 5 heteroatoms. The molecule has 1 aromatic heterocycles. The number of aromatic nitrogens is 3. The van der Waals surface area contributed by atoms with Gasteiger partial charge in [-0.05, 0) is 6.92 Å². The van der Waals surface area contributed by atoms with Crippen LogP contribution in [0.2, 0.25) is 0 Å². The van der Waals surface area contributed by atoms with E-state index in [2.05, 4.69) is 10.1 Å². The monoisotopic (exact) mass is 170 g/mol. The molecule has 0 saturated carbocycles. The molecule has 0 aromatic carbocycles. The summed E-state index contributed by atoms with van der Waals surface area (Å²) < 4.78 is 6.74. The van der Waals surface area contributed by atoms with Gasteiger partial charge in [-0.2, -0.15) is 5.10 Å². The number of hydrogen-bond acceptors (Lipinski definition) is 4. The van der Waals surface area contributed by atoms with Crippen LogP contribution in [-0.2, 0) is 11.3 Å². The molecular formula is C7H14N4O. The van der Waals surface area contributed by atoms with Crippen molar-refractivity contribution < 1.29 is 4.74 Å². The van der Waals surface area contributed by atoms with E-state index in [-0.39, 0.29) is 6.04 Å². The Labute approximate surface area is 71.5 Å². The smallest absolute Gasteiger partial charge is 0.164 e. The molecule has 1 heterocycles. The fourth-order valence-corrected chi connectivity index (χ4v) is 0.934. The molecule has 2 N–H and O–H groups in total. The van der Waals surface area contributed by atoms with Crippen LogP contribution in [0.25, 0.3) is 0 Å². The van der Waals surface area contributed by atoms with E-state index in [1.165, 1.54) is 0 Å². The van der Waals surface area contributed by atoms with Crippen molar-refractivity contribution in [2.24, 2.45) is 5.73 Å². The minimum absolute atomic E-state index is 0.211. The Hall–Kier alpha value is -0.940. The summed E-state index contributed by atoms with van der Waals surface area (Å²) in [6.45, 7) is 3.03. The van der Waals surface area contributed by atoms with Gasteiger partial charge in [-0.15, -0.1) is 0 Å². The number of nitrogens with zero attached hydrogens (tertiary/aromatic N) is 3. The fraction of sp³-hybridized carbons (Fsp3) is 0.714. The summed E-state index contributed by atoms with van der Waals surface area (Å²) >= 11 is 0. The van der Waals surface area contributed by atoms with Crippen molar-refractivity contribution in [3.05, 3.63) is 12.2 Å². The highest BCUT2D eigenvalue weighted by Gasteiger charge is 2.05. The quantitative estimate of drug-likeness (QED) is 0.687. The van der Waals surface area contributed by atoms with Gasteiger partial charge >= 0.3 is 0 Å². The van der Waals surface area contributed by atoms with Gasteiger partial charge in [0.25, 0.3) is 0 Å². The zero-order valence-electron chi connectivity index (χ0n) is 7.40. The molecule has 1 unspecified atom stereocenters. The normalized spacial score (nSPS) is 13.2.